The Morgan fingerprint density at radius 1 is 1.15 bits per heavy atom. The van der Waals surface area contributed by atoms with E-state index in [1.54, 1.807) is 0 Å². The van der Waals surface area contributed by atoms with Crippen LogP contribution >= 0.6 is 0 Å². The summed E-state index contributed by atoms with van der Waals surface area (Å²) < 4.78 is 77.3. The number of nitrogens with zero attached hydrogens (tertiary/aromatic N) is 2. The quantitative estimate of drug-likeness (QED) is 0.777. The van der Waals surface area contributed by atoms with Gasteiger partial charge in [0.1, 0.15) is 0 Å². The molecular weight excluding hydrogens is 376 g/mol. The van der Waals surface area contributed by atoms with Gasteiger partial charge in [-0.1, -0.05) is 0 Å². The predicted octanol–water partition coefficient (Wildman–Crippen LogP) is 4.29. The van der Waals surface area contributed by atoms with Crippen LogP contribution in [-0.4, -0.2) is 30.4 Å². The summed E-state index contributed by atoms with van der Waals surface area (Å²) in [7, 11) is 0. The van der Waals surface area contributed by atoms with Crippen molar-refractivity contribution in [1.82, 2.24) is 4.90 Å². The van der Waals surface area contributed by atoms with Crippen LogP contribution < -0.4 is 5.32 Å². The molecule has 1 unspecified atom stereocenters. The van der Waals surface area contributed by atoms with Crippen LogP contribution in [0.25, 0.3) is 0 Å². The van der Waals surface area contributed by atoms with Gasteiger partial charge in [-0.25, -0.2) is 0 Å². The van der Waals surface area contributed by atoms with Crippen molar-refractivity contribution >= 4 is 11.6 Å². The molecule has 1 fully saturated rings. The van der Waals surface area contributed by atoms with Crippen molar-refractivity contribution in [2.45, 2.75) is 31.6 Å². The summed E-state index contributed by atoms with van der Waals surface area (Å²) in [5, 5.41) is 10.8. The smallest absolute Gasteiger partial charge is 0.326 e. The van der Waals surface area contributed by atoms with Crippen LogP contribution in [0.4, 0.5) is 32.0 Å². The number of nitrogens with one attached hydrogen (secondary N) is 1. The van der Waals surface area contributed by atoms with E-state index >= 15 is 0 Å². The molecule has 0 spiro atoms. The van der Waals surface area contributed by atoms with Gasteiger partial charge in [-0.3, -0.25) is 4.79 Å². The molecule has 10 heteroatoms. The second-order valence-electron chi connectivity index (χ2n) is 6.33. The van der Waals surface area contributed by atoms with Crippen molar-refractivity contribution in [2.24, 2.45) is 5.92 Å². The fraction of sp³-hybridized carbons (Fsp3) is 0.529. The van der Waals surface area contributed by atoms with E-state index < -0.39 is 41.0 Å². The molecule has 1 amide bonds. The van der Waals surface area contributed by atoms with E-state index in [1.165, 1.54) is 0 Å². The Bertz CT molecular complexity index is 691. The molecule has 1 heterocycles. The molecule has 0 aliphatic carbocycles. The highest BCUT2D eigenvalue weighted by Gasteiger charge is 2.37. The van der Waals surface area contributed by atoms with Crippen LogP contribution in [0.5, 0.6) is 0 Å². The number of alkyl halides is 6. The SMILES string of the molecule is N#CCCN1CCCC(C(=O)Nc2cc(C(F)(F)F)cc(C(F)(F)F)c2)C1. The van der Waals surface area contributed by atoms with Gasteiger partial charge in [0.15, 0.2) is 0 Å². The number of hydrogen-bond donors (Lipinski definition) is 1. The van der Waals surface area contributed by atoms with Crippen molar-refractivity contribution < 1.29 is 31.1 Å². The van der Waals surface area contributed by atoms with Crippen molar-refractivity contribution in [3.05, 3.63) is 29.3 Å². The number of amides is 1. The van der Waals surface area contributed by atoms with Crippen LogP contribution in [0.3, 0.4) is 0 Å². The van der Waals surface area contributed by atoms with Crippen molar-refractivity contribution in [2.75, 3.05) is 25.0 Å². The van der Waals surface area contributed by atoms with Gasteiger partial charge in [0, 0.05) is 25.2 Å². The molecule has 0 radical (unpaired) electrons. The lowest BCUT2D eigenvalue weighted by Gasteiger charge is -2.31. The zero-order valence-electron chi connectivity index (χ0n) is 14.1. The highest BCUT2D eigenvalue weighted by atomic mass is 19.4. The Morgan fingerprint density at radius 3 is 2.26 bits per heavy atom. The number of benzene rings is 1. The third-order valence-corrected chi connectivity index (χ3v) is 4.27. The highest BCUT2D eigenvalue weighted by Crippen LogP contribution is 2.37. The summed E-state index contributed by atoms with van der Waals surface area (Å²) in [5.74, 6) is -1.20. The second kappa shape index (κ2) is 8.17. The maximum Gasteiger partial charge on any atom is 0.416 e. The van der Waals surface area contributed by atoms with Crippen LogP contribution in [0.15, 0.2) is 18.2 Å². The molecule has 1 aromatic carbocycles. The number of piperidine rings is 1. The number of anilines is 1. The monoisotopic (exact) mass is 393 g/mol. The normalized spacial score (nSPS) is 18.8. The molecule has 1 N–H and O–H groups in total. The number of halogens is 6. The molecule has 1 aromatic rings. The van der Waals surface area contributed by atoms with Crippen molar-refractivity contribution in [1.29, 1.82) is 5.26 Å². The fourth-order valence-electron chi connectivity index (χ4n) is 2.95. The summed E-state index contributed by atoms with van der Waals surface area (Å²) in [6.45, 7) is 1.45. The Morgan fingerprint density at radius 2 is 1.74 bits per heavy atom. The largest absolute Gasteiger partial charge is 0.416 e. The maximum atomic E-state index is 12.9. The minimum Gasteiger partial charge on any atom is -0.326 e. The lowest BCUT2D eigenvalue weighted by Crippen LogP contribution is -2.41. The maximum absolute atomic E-state index is 12.9. The first-order chi connectivity index (χ1) is 12.5. The average molecular weight is 393 g/mol. The van der Waals surface area contributed by atoms with Crippen LogP contribution in [0, 0.1) is 17.2 Å². The van der Waals surface area contributed by atoms with Crippen LogP contribution in [-0.2, 0) is 17.1 Å². The van der Waals surface area contributed by atoms with Gasteiger partial charge in [-0.15, -0.1) is 0 Å². The zero-order valence-corrected chi connectivity index (χ0v) is 14.1. The van der Waals surface area contributed by atoms with Gasteiger partial charge in [-0.05, 0) is 37.6 Å². The Kier molecular flexibility index (Phi) is 6.36. The number of rotatable bonds is 4. The number of carbonyl (C=O) groups excluding carboxylic acids is 1. The molecule has 4 nitrogen and oxygen atoms in total. The number of nitriles is 1. The van der Waals surface area contributed by atoms with Crippen LogP contribution in [0.1, 0.15) is 30.4 Å². The molecule has 0 saturated carbocycles. The number of hydrogen-bond acceptors (Lipinski definition) is 3. The Balaban J connectivity index is 2.18. The molecule has 1 saturated heterocycles. The van der Waals surface area contributed by atoms with Gasteiger partial charge in [0.05, 0.1) is 23.1 Å². The molecule has 148 valence electrons. The van der Waals surface area contributed by atoms with Gasteiger partial charge >= 0.3 is 12.4 Å². The van der Waals surface area contributed by atoms with E-state index in [-0.39, 0.29) is 12.5 Å². The summed E-state index contributed by atoms with van der Waals surface area (Å²) in [6.07, 6.45) is -8.55. The van der Waals surface area contributed by atoms with Gasteiger partial charge in [0.25, 0.3) is 0 Å². The first kappa shape index (κ1) is 21.0. The van der Waals surface area contributed by atoms with Gasteiger partial charge < -0.3 is 10.2 Å². The molecule has 0 bridgehead atoms. The highest BCUT2D eigenvalue weighted by molar-refractivity contribution is 5.93. The minimum atomic E-state index is -4.97. The third kappa shape index (κ3) is 5.85. The zero-order chi connectivity index (χ0) is 20.2. The van der Waals surface area contributed by atoms with E-state index in [4.69, 9.17) is 5.26 Å². The molecule has 0 aromatic heterocycles. The number of likely N-dealkylation sites (tertiary alicyclic amines) is 1. The Labute approximate surface area is 151 Å². The first-order valence-electron chi connectivity index (χ1n) is 8.20. The van der Waals surface area contributed by atoms with E-state index in [9.17, 15) is 31.1 Å². The molecule has 1 atom stereocenters. The number of carbonyl (C=O) groups is 1. The van der Waals surface area contributed by atoms with Crippen molar-refractivity contribution in [3.63, 3.8) is 0 Å². The van der Waals surface area contributed by atoms with Crippen LogP contribution in [0.2, 0.25) is 0 Å². The first-order valence-corrected chi connectivity index (χ1v) is 8.20. The predicted molar refractivity (Wildman–Crippen MR) is 84.5 cm³/mol. The lowest BCUT2D eigenvalue weighted by molar-refractivity contribution is -0.143. The fourth-order valence-corrected chi connectivity index (χ4v) is 2.95. The van der Waals surface area contributed by atoms with E-state index in [2.05, 4.69) is 5.32 Å². The molecule has 27 heavy (non-hydrogen) atoms. The standard InChI is InChI=1S/C17H17F6N3O/c18-16(19,20)12-7-13(17(21,22)23)9-14(8-12)25-15(27)11-3-1-5-26(10-11)6-2-4-24/h7-9,11H,1-3,5-6,10H2,(H,25,27). The van der Waals surface area contributed by atoms with E-state index in [1.807, 2.05) is 11.0 Å². The second-order valence-corrected chi connectivity index (χ2v) is 6.33. The lowest BCUT2D eigenvalue weighted by atomic mass is 9.96. The average Bonchev–Trinajstić information content (AvgIpc) is 2.58. The molecule has 1 aliphatic heterocycles. The van der Waals surface area contributed by atoms with Gasteiger partial charge in [-0.2, -0.15) is 31.6 Å². The van der Waals surface area contributed by atoms with Crippen molar-refractivity contribution in [3.8, 4) is 6.07 Å². The summed E-state index contributed by atoms with van der Waals surface area (Å²) in [6, 6.07) is 2.98. The van der Waals surface area contributed by atoms with E-state index in [0.29, 0.717) is 44.6 Å². The molecule has 1 aliphatic rings. The van der Waals surface area contributed by atoms with Gasteiger partial charge in [0.2, 0.25) is 5.91 Å². The molecular formula is C17H17F6N3O. The topological polar surface area (TPSA) is 56.1 Å². The molecule has 2 rings (SSSR count). The third-order valence-electron chi connectivity index (χ3n) is 4.27. The summed E-state index contributed by atoms with van der Waals surface area (Å²) in [4.78, 5) is 14.2. The Hall–Kier alpha value is -2.28. The minimum absolute atomic E-state index is 0.0138. The van der Waals surface area contributed by atoms with E-state index in [0.717, 1.165) is 0 Å². The summed E-state index contributed by atoms with van der Waals surface area (Å²) in [5.41, 5.74) is -3.50. The summed E-state index contributed by atoms with van der Waals surface area (Å²) >= 11 is 0.